The van der Waals surface area contributed by atoms with Crippen LogP contribution in [0, 0.1) is 0 Å². The van der Waals surface area contributed by atoms with Crippen LogP contribution in [0.3, 0.4) is 0 Å². The number of carbonyl (C=O) groups is 1. The van der Waals surface area contributed by atoms with E-state index in [1.165, 1.54) is 0 Å². The van der Waals surface area contributed by atoms with Gasteiger partial charge in [-0.25, -0.2) is 9.97 Å². The molecule has 0 unspecified atom stereocenters. The van der Waals surface area contributed by atoms with Crippen LogP contribution in [0.25, 0.3) is 0 Å². The molecule has 1 aromatic heterocycles. The highest BCUT2D eigenvalue weighted by atomic mass is 19.4. The third-order valence-electron chi connectivity index (χ3n) is 1.55. The molecule has 0 bridgehead atoms. The largest absolute Gasteiger partial charge is 0.419 e. The highest BCUT2D eigenvalue weighted by Crippen LogP contribution is 2.27. The lowest BCUT2D eigenvalue weighted by atomic mass is 10.3. The van der Waals surface area contributed by atoms with Crippen molar-refractivity contribution in [2.45, 2.75) is 19.5 Å². The Morgan fingerprint density at radius 3 is 2.33 bits per heavy atom. The van der Waals surface area contributed by atoms with Gasteiger partial charge in [0.05, 0.1) is 5.56 Å². The number of amides is 1. The zero-order valence-electron chi connectivity index (χ0n) is 7.80. The number of nitrogens with zero attached hydrogens (tertiary/aromatic N) is 2. The average Bonchev–Trinajstić information content (AvgIpc) is 2.17. The van der Waals surface area contributed by atoms with E-state index in [1.807, 2.05) is 0 Å². The van der Waals surface area contributed by atoms with Gasteiger partial charge < -0.3 is 0 Å². The van der Waals surface area contributed by atoms with Gasteiger partial charge in [0.2, 0.25) is 11.9 Å². The van der Waals surface area contributed by atoms with Crippen molar-refractivity contribution in [2.24, 2.45) is 0 Å². The molecule has 4 nitrogen and oxygen atoms in total. The first-order valence-corrected chi connectivity index (χ1v) is 4.12. The molecule has 0 spiro atoms. The lowest BCUT2D eigenvalue weighted by Gasteiger charge is -2.06. The summed E-state index contributed by atoms with van der Waals surface area (Å²) in [5.41, 5.74) is -0.947. The topological polar surface area (TPSA) is 54.9 Å². The molecule has 0 fully saturated rings. The zero-order valence-corrected chi connectivity index (χ0v) is 7.80. The second-order valence-corrected chi connectivity index (χ2v) is 2.69. The first kappa shape index (κ1) is 11.4. The van der Waals surface area contributed by atoms with E-state index in [9.17, 15) is 18.0 Å². The summed E-state index contributed by atoms with van der Waals surface area (Å²) in [4.78, 5) is 17.6. The standard InChI is InChI=1S/C8H8F3N3O/c1-2-6(15)14-7-12-3-5(4-13-7)8(9,10)11/h3-4H,2H2,1H3,(H,12,13,14,15). The Kier molecular flexibility index (Phi) is 3.23. The Morgan fingerprint density at radius 1 is 1.40 bits per heavy atom. The number of halogens is 3. The summed E-state index contributed by atoms with van der Waals surface area (Å²) in [5.74, 6) is -0.482. The molecule has 0 aliphatic rings. The van der Waals surface area contributed by atoms with Crippen LogP contribution in [-0.2, 0) is 11.0 Å². The fraction of sp³-hybridized carbons (Fsp3) is 0.375. The summed E-state index contributed by atoms with van der Waals surface area (Å²) >= 11 is 0. The van der Waals surface area contributed by atoms with E-state index >= 15 is 0 Å². The van der Waals surface area contributed by atoms with Crippen LogP contribution >= 0.6 is 0 Å². The number of anilines is 1. The quantitative estimate of drug-likeness (QED) is 0.825. The maximum atomic E-state index is 12.1. The van der Waals surface area contributed by atoms with Crippen LogP contribution in [-0.4, -0.2) is 15.9 Å². The zero-order chi connectivity index (χ0) is 11.5. The average molecular weight is 219 g/mol. The molecule has 0 atom stereocenters. The summed E-state index contributed by atoms with van der Waals surface area (Å²) < 4.78 is 36.2. The van der Waals surface area contributed by atoms with Crippen LogP contribution in [0.1, 0.15) is 18.9 Å². The molecule has 0 radical (unpaired) electrons. The van der Waals surface area contributed by atoms with Crippen molar-refractivity contribution in [1.82, 2.24) is 9.97 Å². The fourth-order valence-electron chi connectivity index (χ4n) is 0.752. The third-order valence-corrected chi connectivity index (χ3v) is 1.55. The van der Waals surface area contributed by atoms with Crippen LogP contribution in [0.2, 0.25) is 0 Å². The van der Waals surface area contributed by atoms with E-state index in [4.69, 9.17) is 0 Å². The maximum absolute atomic E-state index is 12.1. The van der Waals surface area contributed by atoms with E-state index in [0.717, 1.165) is 0 Å². The van der Waals surface area contributed by atoms with Crippen LogP contribution in [0.5, 0.6) is 0 Å². The van der Waals surface area contributed by atoms with E-state index < -0.39 is 11.7 Å². The third kappa shape index (κ3) is 3.19. The Bertz CT molecular complexity index is 347. The van der Waals surface area contributed by atoms with Crippen molar-refractivity contribution in [2.75, 3.05) is 5.32 Å². The van der Waals surface area contributed by atoms with Crippen LogP contribution in [0.15, 0.2) is 12.4 Å². The van der Waals surface area contributed by atoms with Gasteiger partial charge in [0.15, 0.2) is 0 Å². The van der Waals surface area contributed by atoms with Gasteiger partial charge in [-0.2, -0.15) is 13.2 Å². The number of aromatic nitrogens is 2. The van der Waals surface area contributed by atoms with Gasteiger partial charge in [-0.05, 0) is 0 Å². The molecule has 1 amide bonds. The van der Waals surface area contributed by atoms with Crippen molar-refractivity contribution >= 4 is 11.9 Å². The van der Waals surface area contributed by atoms with Crippen molar-refractivity contribution in [3.63, 3.8) is 0 Å². The van der Waals surface area contributed by atoms with Crippen LogP contribution in [0.4, 0.5) is 19.1 Å². The predicted molar refractivity (Wildman–Crippen MR) is 46.0 cm³/mol. The van der Waals surface area contributed by atoms with E-state index in [2.05, 4.69) is 15.3 Å². The van der Waals surface area contributed by atoms with Gasteiger partial charge in [-0.15, -0.1) is 0 Å². The summed E-state index contributed by atoms with van der Waals surface area (Å²) in [6, 6.07) is 0. The molecule has 1 heterocycles. The first-order valence-electron chi connectivity index (χ1n) is 4.12. The molecule has 0 saturated heterocycles. The normalized spacial score (nSPS) is 11.2. The van der Waals surface area contributed by atoms with Gasteiger partial charge >= 0.3 is 6.18 Å². The minimum atomic E-state index is -4.46. The molecule has 15 heavy (non-hydrogen) atoms. The van der Waals surface area contributed by atoms with E-state index in [0.29, 0.717) is 12.4 Å². The summed E-state index contributed by atoms with van der Waals surface area (Å²) in [6.45, 7) is 1.61. The minimum Gasteiger partial charge on any atom is -0.295 e. The molecular weight excluding hydrogens is 211 g/mol. The SMILES string of the molecule is CCC(=O)Nc1ncc(C(F)(F)F)cn1. The van der Waals surface area contributed by atoms with E-state index in [1.54, 1.807) is 6.92 Å². The van der Waals surface area contributed by atoms with Crippen molar-refractivity contribution in [3.05, 3.63) is 18.0 Å². The highest BCUT2D eigenvalue weighted by Gasteiger charge is 2.31. The number of nitrogens with one attached hydrogen (secondary N) is 1. The van der Waals surface area contributed by atoms with Crippen molar-refractivity contribution in [3.8, 4) is 0 Å². The molecule has 0 saturated carbocycles. The Hall–Kier alpha value is -1.66. The fourth-order valence-corrected chi connectivity index (χ4v) is 0.752. The van der Waals surface area contributed by atoms with Gasteiger partial charge in [-0.3, -0.25) is 10.1 Å². The van der Waals surface area contributed by atoms with Crippen molar-refractivity contribution < 1.29 is 18.0 Å². The van der Waals surface area contributed by atoms with Gasteiger partial charge in [0.25, 0.3) is 0 Å². The minimum absolute atomic E-state index is 0.130. The number of rotatable bonds is 2. The molecule has 1 N–H and O–H groups in total. The highest BCUT2D eigenvalue weighted by molar-refractivity contribution is 5.88. The molecule has 0 aliphatic carbocycles. The number of hydrogen-bond donors (Lipinski definition) is 1. The Labute approximate surface area is 83.5 Å². The molecule has 1 aromatic rings. The first-order chi connectivity index (χ1) is 6.93. The monoisotopic (exact) mass is 219 g/mol. The lowest BCUT2D eigenvalue weighted by molar-refractivity contribution is -0.138. The molecule has 0 aromatic carbocycles. The predicted octanol–water partition coefficient (Wildman–Crippen LogP) is 1.84. The molecule has 7 heteroatoms. The van der Waals surface area contributed by atoms with Gasteiger partial charge in [-0.1, -0.05) is 6.92 Å². The lowest BCUT2D eigenvalue weighted by Crippen LogP contribution is -2.13. The van der Waals surface area contributed by atoms with Gasteiger partial charge in [0, 0.05) is 18.8 Å². The molecular formula is C8H8F3N3O. The Morgan fingerprint density at radius 2 is 1.93 bits per heavy atom. The van der Waals surface area contributed by atoms with E-state index in [-0.39, 0.29) is 18.3 Å². The summed E-state index contributed by atoms with van der Waals surface area (Å²) in [6.07, 6.45) is -3.01. The Balaban J connectivity index is 2.77. The summed E-state index contributed by atoms with van der Waals surface area (Å²) in [7, 11) is 0. The molecule has 1 rings (SSSR count). The van der Waals surface area contributed by atoms with Crippen LogP contribution < -0.4 is 5.32 Å². The number of alkyl halides is 3. The molecule has 82 valence electrons. The number of hydrogen-bond acceptors (Lipinski definition) is 3. The van der Waals surface area contributed by atoms with Gasteiger partial charge in [0.1, 0.15) is 0 Å². The second-order valence-electron chi connectivity index (χ2n) is 2.69. The van der Waals surface area contributed by atoms with Crippen molar-refractivity contribution in [1.29, 1.82) is 0 Å². The molecule has 0 aliphatic heterocycles. The second kappa shape index (κ2) is 4.24. The summed E-state index contributed by atoms with van der Waals surface area (Å²) in [5, 5.41) is 2.24. The number of carbonyl (C=O) groups excluding carboxylic acids is 1. The smallest absolute Gasteiger partial charge is 0.295 e. The maximum Gasteiger partial charge on any atom is 0.419 e.